The standard InChI is InChI=1S/C16H18Cl2N2S/c1-3-8-19-11(2)16-7-5-13(10-20-16)21-12-4-6-14(17)15(18)9-12/h4-7,9-11,19H,3,8H2,1-2H3. The number of halogens is 2. The maximum absolute atomic E-state index is 6.03. The Bertz CT molecular complexity index is 587. The lowest BCUT2D eigenvalue weighted by Crippen LogP contribution is -2.20. The predicted molar refractivity (Wildman–Crippen MR) is 91.5 cm³/mol. The highest BCUT2D eigenvalue weighted by atomic mass is 35.5. The predicted octanol–water partition coefficient (Wildman–Crippen LogP) is 5.60. The third-order valence-corrected chi connectivity index (χ3v) is 4.74. The SMILES string of the molecule is CCCNC(C)c1ccc(Sc2ccc(Cl)c(Cl)c2)cn1. The summed E-state index contributed by atoms with van der Waals surface area (Å²) in [5.41, 5.74) is 1.06. The zero-order chi connectivity index (χ0) is 15.2. The van der Waals surface area contributed by atoms with Crippen LogP contribution in [0, 0.1) is 0 Å². The summed E-state index contributed by atoms with van der Waals surface area (Å²) in [5, 5.41) is 4.58. The summed E-state index contributed by atoms with van der Waals surface area (Å²) in [4.78, 5) is 6.66. The van der Waals surface area contributed by atoms with Crippen molar-refractivity contribution in [2.24, 2.45) is 0 Å². The topological polar surface area (TPSA) is 24.9 Å². The zero-order valence-electron chi connectivity index (χ0n) is 12.1. The maximum atomic E-state index is 6.03. The molecule has 0 aliphatic rings. The zero-order valence-corrected chi connectivity index (χ0v) is 14.4. The molecule has 0 radical (unpaired) electrons. The molecule has 1 N–H and O–H groups in total. The van der Waals surface area contributed by atoms with Crippen LogP contribution in [-0.4, -0.2) is 11.5 Å². The first-order valence-corrected chi connectivity index (χ1v) is 8.49. The van der Waals surface area contributed by atoms with E-state index < -0.39 is 0 Å². The van der Waals surface area contributed by atoms with Gasteiger partial charge in [0, 0.05) is 22.0 Å². The monoisotopic (exact) mass is 340 g/mol. The summed E-state index contributed by atoms with van der Waals surface area (Å²) in [6.07, 6.45) is 3.02. The van der Waals surface area contributed by atoms with Gasteiger partial charge in [0.2, 0.25) is 0 Å². The second kappa shape index (κ2) is 8.04. The third kappa shape index (κ3) is 4.89. The fourth-order valence-electron chi connectivity index (χ4n) is 1.85. The number of hydrogen-bond donors (Lipinski definition) is 1. The summed E-state index contributed by atoms with van der Waals surface area (Å²) < 4.78 is 0. The Morgan fingerprint density at radius 1 is 1.14 bits per heavy atom. The molecule has 0 bridgehead atoms. The van der Waals surface area contributed by atoms with Gasteiger partial charge in [0.05, 0.1) is 15.7 Å². The second-order valence-electron chi connectivity index (χ2n) is 4.77. The number of hydrogen-bond acceptors (Lipinski definition) is 3. The van der Waals surface area contributed by atoms with Crippen LogP contribution in [0.15, 0.2) is 46.3 Å². The Balaban J connectivity index is 2.03. The van der Waals surface area contributed by atoms with Crippen LogP contribution in [0.2, 0.25) is 10.0 Å². The van der Waals surface area contributed by atoms with Crippen LogP contribution in [-0.2, 0) is 0 Å². The molecular formula is C16H18Cl2N2S. The van der Waals surface area contributed by atoms with Crippen molar-refractivity contribution in [2.45, 2.75) is 36.1 Å². The molecule has 5 heteroatoms. The van der Waals surface area contributed by atoms with Gasteiger partial charge in [-0.05, 0) is 50.2 Å². The highest BCUT2D eigenvalue weighted by molar-refractivity contribution is 7.99. The van der Waals surface area contributed by atoms with Gasteiger partial charge in [0.15, 0.2) is 0 Å². The van der Waals surface area contributed by atoms with E-state index >= 15 is 0 Å². The summed E-state index contributed by atoms with van der Waals surface area (Å²) in [6.45, 7) is 5.29. The van der Waals surface area contributed by atoms with Crippen LogP contribution in [0.3, 0.4) is 0 Å². The number of aromatic nitrogens is 1. The molecule has 0 saturated heterocycles. The van der Waals surface area contributed by atoms with Crippen molar-refractivity contribution in [3.63, 3.8) is 0 Å². The molecule has 0 aliphatic carbocycles. The fraction of sp³-hybridized carbons (Fsp3) is 0.312. The number of rotatable bonds is 6. The molecule has 0 aliphatic heterocycles. The lowest BCUT2D eigenvalue weighted by atomic mass is 10.2. The molecule has 1 heterocycles. The van der Waals surface area contributed by atoms with Crippen LogP contribution in [0.1, 0.15) is 32.0 Å². The van der Waals surface area contributed by atoms with Crippen LogP contribution in [0.5, 0.6) is 0 Å². The van der Waals surface area contributed by atoms with Gasteiger partial charge in [0.1, 0.15) is 0 Å². The summed E-state index contributed by atoms with van der Waals surface area (Å²) in [7, 11) is 0. The van der Waals surface area contributed by atoms with Crippen molar-refractivity contribution in [1.82, 2.24) is 10.3 Å². The number of pyridine rings is 1. The number of nitrogens with zero attached hydrogens (tertiary/aromatic N) is 1. The van der Waals surface area contributed by atoms with Crippen molar-refractivity contribution in [3.8, 4) is 0 Å². The maximum Gasteiger partial charge on any atom is 0.0603 e. The normalized spacial score (nSPS) is 12.4. The molecule has 2 aromatic rings. The van der Waals surface area contributed by atoms with Crippen LogP contribution in [0.4, 0.5) is 0 Å². The second-order valence-corrected chi connectivity index (χ2v) is 6.73. The van der Waals surface area contributed by atoms with Gasteiger partial charge in [-0.3, -0.25) is 4.98 Å². The van der Waals surface area contributed by atoms with Gasteiger partial charge in [-0.25, -0.2) is 0 Å². The largest absolute Gasteiger partial charge is 0.309 e. The van der Waals surface area contributed by atoms with E-state index in [9.17, 15) is 0 Å². The first-order valence-electron chi connectivity index (χ1n) is 6.92. The Hall–Kier alpha value is -0.740. The van der Waals surface area contributed by atoms with E-state index in [2.05, 4.69) is 36.3 Å². The van der Waals surface area contributed by atoms with E-state index in [4.69, 9.17) is 23.2 Å². The Labute approximate surface area is 140 Å². The Morgan fingerprint density at radius 3 is 2.52 bits per heavy atom. The smallest absolute Gasteiger partial charge is 0.0603 e. The molecule has 1 aromatic carbocycles. The summed E-state index contributed by atoms with van der Waals surface area (Å²) in [5.74, 6) is 0. The van der Waals surface area contributed by atoms with E-state index in [1.54, 1.807) is 11.8 Å². The first kappa shape index (κ1) is 16.6. The number of nitrogens with one attached hydrogen (secondary N) is 1. The highest BCUT2D eigenvalue weighted by Gasteiger charge is 2.06. The van der Waals surface area contributed by atoms with Gasteiger partial charge < -0.3 is 5.32 Å². The number of benzene rings is 1. The minimum absolute atomic E-state index is 0.272. The van der Waals surface area contributed by atoms with Gasteiger partial charge in [-0.1, -0.05) is 41.9 Å². The fourth-order valence-corrected chi connectivity index (χ4v) is 3.04. The average Bonchev–Trinajstić information content (AvgIpc) is 2.49. The van der Waals surface area contributed by atoms with E-state index in [0.717, 1.165) is 28.5 Å². The van der Waals surface area contributed by atoms with Gasteiger partial charge in [-0.15, -0.1) is 0 Å². The lowest BCUT2D eigenvalue weighted by molar-refractivity contribution is 0.558. The van der Waals surface area contributed by atoms with Crippen molar-refractivity contribution in [3.05, 3.63) is 52.3 Å². The molecule has 1 unspecified atom stereocenters. The molecule has 112 valence electrons. The first-order chi connectivity index (χ1) is 10.1. The minimum atomic E-state index is 0.272. The van der Waals surface area contributed by atoms with E-state index in [-0.39, 0.29) is 6.04 Å². The van der Waals surface area contributed by atoms with E-state index in [1.807, 2.05) is 24.4 Å². The molecule has 0 saturated carbocycles. The van der Waals surface area contributed by atoms with Crippen LogP contribution < -0.4 is 5.32 Å². The molecule has 2 rings (SSSR count). The van der Waals surface area contributed by atoms with Crippen molar-refractivity contribution >= 4 is 35.0 Å². The third-order valence-electron chi connectivity index (χ3n) is 3.03. The Morgan fingerprint density at radius 2 is 1.90 bits per heavy atom. The van der Waals surface area contributed by atoms with Gasteiger partial charge in [-0.2, -0.15) is 0 Å². The molecule has 2 nitrogen and oxygen atoms in total. The molecule has 21 heavy (non-hydrogen) atoms. The van der Waals surface area contributed by atoms with Crippen LogP contribution >= 0.6 is 35.0 Å². The van der Waals surface area contributed by atoms with Gasteiger partial charge in [0.25, 0.3) is 0 Å². The average molecular weight is 341 g/mol. The Kier molecular flexibility index (Phi) is 6.37. The van der Waals surface area contributed by atoms with Crippen molar-refractivity contribution in [1.29, 1.82) is 0 Å². The van der Waals surface area contributed by atoms with Gasteiger partial charge >= 0.3 is 0 Å². The molecule has 1 aromatic heterocycles. The molecular weight excluding hydrogens is 323 g/mol. The minimum Gasteiger partial charge on any atom is -0.309 e. The molecule has 1 atom stereocenters. The van der Waals surface area contributed by atoms with E-state index in [1.165, 1.54) is 0 Å². The molecule has 0 amide bonds. The summed E-state index contributed by atoms with van der Waals surface area (Å²) in [6, 6.07) is 10.1. The molecule has 0 spiro atoms. The van der Waals surface area contributed by atoms with Crippen molar-refractivity contribution in [2.75, 3.05) is 6.54 Å². The lowest BCUT2D eigenvalue weighted by Gasteiger charge is -2.12. The summed E-state index contributed by atoms with van der Waals surface area (Å²) >= 11 is 13.6. The highest BCUT2D eigenvalue weighted by Crippen LogP contribution is 2.32. The molecule has 0 fully saturated rings. The van der Waals surface area contributed by atoms with Crippen LogP contribution in [0.25, 0.3) is 0 Å². The quantitative estimate of drug-likeness (QED) is 0.740. The van der Waals surface area contributed by atoms with E-state index in [0.29, 0.717) is 10.0 Å². The van der Waals surface area contributed by atoms with Crippen molar-refractivity contribution < 1.29 is 0 Å².